The van der Waals surface area contributed by atoms with Gasteiger partial charge >= 0.3 is 0 Å². The van der Waals surface area contributed by atoms with Crippen LogP contribution in [-0.4, -0.2) is 57.6 Å². The second-order valence-corrected chi connectivity index (χ2v) is 10.8. The molecule has 0 aliphatic rings. The van der Waals surface area contributed by atoms with E-state index in [1.54, 1.807) is 18.1 Å². The smallest absolute Gasteiger partial charge is 0.242 e. The van der Waals surface area contributed by atoms with Gasteiger partial charge in [-0.2, -0.15) is 0 Å². The molecule has 0 aromatic heterocycles. The maximum Gasteiger partial charge on any atom is 0.242 e. The third kappa shape index (κ3) is 7.98. The van der Waals surface area contributed by atoms with Crippen molar-refractivity contribution < 1.29 is 22.7 Å². The topological polar surface area (TPSA) is 96.0 Å². The van der Waals surface area contributed by atoms with Gasteiger partial charge in [0.1, 0.15) is 11.8 Å². The van der Waals surface area contributed by atoms with Crippen LogP contribution in [0.15, 0.2) is 42.5 Å². The number of sulfonamides is 1. The Hall–Kier alpha value is -3.07. The van der Waals surface area contributed by atoms with Gasteiger partial charge < -0.3 is 15.0 Å². The number of nitrogens with zero attached hydrogens (tertiary/aromatic N) is 2. The number of carbonyl (C=O) groups excluding carboxylic acids is 2. The summed E-state index contributed by atoms with van der Waals surface area (Å²) >= 11 is 0. The third-order valence-corrected chi connectivity index (χ3v) is 7.35. The lowest BCUT2D eigenvalue weighted by molar-refractivity contribution is -0.141. The standard InChI is InChI=1S/C27H39N3O5S/c1-7-25(27(32)28-8-2)29(19-22-11-9-12-24(18-22)35-5)26(31)13-10-16-30(36(6,33)34)23-15-14-20(3)21(4)17-23/h9,11-12,14-15,17-18,25H,7-8,10,13,16,19H2,1-6H3,(H,28,32)/t25-/m0/s1. The van der Waals surface area contributed by atoms with Crippen molar-refractivity contribution in [2.24, 2.45) is 0 Å². The van der Waals surface area contributed by atoms with E-state index in [0.29, 0.717) is 30.8 Å². The van der Waals surface area contributed by atoms with Crippen LogP contribution in [0.2, 0.25) is 0 Å². The number of nitrogens with one attached hydrogen (secondary N) is 1. The molecule has 2 rings (SSSR count). The minimum atomic E-state index is -3.53. The molecule has 0 aliphatic heterocycles. The van der Waals surface area contributed by atoms with Crippen molar-refractivity contribution in [3.8, 4) is 5.75 Å². The summed E-state index contributed by atoms with van der Waals surface area (Å²) in [6.07, 6.45) is 2.05. The fourth-order valence-corrected chi connectivity index (χ4v) is 5.02. The molecule has 0 saturated heterocycles. The molecule has 0 aliphatic carbocycles. The first-order valence-electron chi connectivity index (χ1n) is 12.3. The first-order chi connectivity index (χ1) is 17.0. The van der Waals surface area contributed by atoms with Gasteiger partial charge in [-0.05, 0) is 74.6 Å². The average Bonchev–Trinajstić information content (AvgIpc) is 2.83. The lowest BCUT2D eigenvalue weighted by Gasteiger charge is -2.31. The molecule has 1 N–H and O–H groups in total. The number of hydrogen-bond acceptors (Lipinski definition) is 5. The fraction of sp³-hybridized carbons (Fsp3) is 0.481. The van der Waals surface area contributed by atoms with Gasteiger partial charge in [-0.15, -0.1) is 0 Å². The number of ether oxygens (including phenoxy) is 1. The van der Waals surface area contributed by atoms with Gasteiger partial charge in [0.15, 0.2) is 0 Å². The molecule has 9 heteroatoms. The van der Waals surface area contributed by atoms with E-state index in [-0.39, 0.29) is 31.3 Å². The quantitative estimate of drug-likeness (QED) is 0.436. The Morgan fingerprint density at radius 3 is 2.36 bits per heavy atom. The maximum atomic E-state index is 13.4. The van der Waals surface area contributed by atoms with Crippen molar-refractivity contribution in [2.45, 2.75) is 59.5 Å². The molecule has 2 amide bonds. The first kappa shape index (κ1) is 29.2. The van der Waals surface area contributed by atoms with E-state index in [1.165, 1.54) is 10.6 Å². The Morgan fingerprint density at radius 1 is 1.06 bits per heavy atom. The van der Waals surface area contributed by atoms with Crippen LogP contribution in [0.3, 0.4) is 0 Å². The molecular formula is C27H39N3O5S. The van der Waals surface area contributed by atoms with E-state index in [9.17, 15) is 18.0 Å². The SMILES string of the molecule is CCNC(=O)[C@H](CC)N(Cc1cccc(OC)c1)C(=O)CCCN(c1ccc(C)c(C)c1)S(C)(=O)=O. The van der Waals surface area contributed by atoms with Crippen molar-refractivity contribution in [1.29, 1.82) is 0 Å². The Labute approximate surface area is 215 Å². The average molecular weight is 518 g/mol. The minimum absolute atomic E-state index is 0.108. The van der Waals surface area contributed by atoms with Crippen LogP contribution in [0.5, 0.6) is 5.75 Å². The summed E-state index contributed by atoms with van der Waals surface area (Å²) in [5.74, 6) is 0.261. The normalized spacial score (nSPS) is 12.1. The predicted octanol–water partition coefficient (Wildman–Crippen LogP) is 3.80. The van der Waals surface area contributed by atoms with E-state index in [2.05, 4.69) is 5.32 Å². The molecule has 0 radical (unpaired) electrons. The maximum absolute atomic E-state index is 13.4. The monoisotopic (exact) mass is 517 g/mol. The summed E-state index contributed by atoms with van der Waals surface area (Å²) in [4.78, 5) is 27.8. The van der Waals surface area contributed by atoms with Crippen LogP contribution in [0.25, 0.3) is 0 Å². The molecular weight excluding hydrogens is 478 g/mol. The molecule has 2 aromatic rings. The van der Waals surface area contributed by atoms with Gasteiger partial charge in [-0.3, -0.25) is 13.9 Å². The van der Waals surface area contributed by atoms with Crippen molar-refractivity contribution >= 4 is 27.5 Å². The summed E-state index contributed by atoms with van der Waals surface area (Å²) in [7, 11) is -1.96. The van der Waals surface area contributed by atoms with E-state index < -0.39 is 16.1 Å². The highest BCUT2D eigenvalue weighted by molar-refractivity contribution is 7.92. The molecule has 198 valence electrons. The van der Waals surface area contributed by atoms with Crippen LogP contribution in [0, 0.1) is 13.8 Å². The van der Waals surface area contributed by atoms with E-state index in [1.807, 2.05) is 64.1 Å². The molecule has 8 nitrogen and oxygen atoms in total. The lowest BCUT2D eigenvalue weighted by Crippen LogP contribution is -2.49. The summed E-state index contributed by atoms with van der Waals surface area (Å²) < 4.78 is 31.7. The number of methoxy groups -OCH3 is 1. The number of rotatable bonds is 13. The fourth-order valence-electron chi connectivity index (χ4n) is 4.06. The molecule has 0 heterocycles. The van der Waals surface area contributed by atoms with Crippen LogP contribution >= 0.6 is 0 Å². The molecule has 36 heavy (non-hydrogen) atoms. The number of aryl methyl sites for hydroxylation is 2. The van der Waals surface area contributed by atoms with Gasteiger partial charge in [0.2, 0.25) is 21.8 Å². The van der Waals surface area contributed by atoms with Gasteiger partial charge in [-0.1, -0.05) is 25.1 Å². The second-order valence-electron chi connectivity index (χ2n) is 8.90. The van der Waals surface area contributed by atoms with E-state index >= 15 is 0 Å². The van der Waals surface area contributed by atoms with Crippen LogP contribution in [0.1, 0.15) is 49.8 Å². The minimum Gasteiger partial charge on any atom is -0.497 e. The van der Waals surface area contributed by atoms with Gasteiger partial charge in [0.05, 0.1) is 19.1 Å². The summed E-state index contributed by atoms with van der Waals surface area (Å²) in [6, 6.07) is 12.3. The molecule has 1 atom stereocenters. The zero-order valence-electron chi connectivity index (χ0n) is 22.2. The number of amides is 2. The molecule has 0 saturated carbocycles. The van der Waals surface area contributed by atoms with Gasteiger partial charge in [-0.25, -0.2) is 8.42 Å². The van der Waals surface area contributed by atoms with Crippen molar-refractivity contribution in [1.82, 2.24) is 10.2 Å². The largest absolute Gasteiger partial charge is 0.497 e. The number of anilines is 1. The Balaban J connectivity index is 2.23. The highest BCUT2D eigenvalue weighted by atomic mass is 32.2. The lowest BCUT2D eigenvalue weighted by atomic mass is 10.1. The zero-order chi connectivity index (χ0) is 26.9. The van der Waals surface area contributed by atoms with E-state index in [0.717, 1.165) is 16.7 Å². The van der Waals surface area contributed by atoms with Crippen LogP contribution in [0.4, 0.5) is 5.69 Å². The van der Waals surface area contributed by atoms with Crippen molar-refractivity contribution in [2.75, 3.05) is 30.8 Å². The van der Waals surface area contributed by atoms with Gasteiger partial charge in [0.25, 0.3) is 0 Å². The summed E-state index contributed by atoms with van der Waals surface area (Å²) in [5, 5.41) is 2.82. The van der Waals surface area contributed by atoms with Crippen LogP contribution in [-0.2, 0) is 26.2 Å². The van der Waals surface area contributed by atoms with Crippen LogP contribution < -0.4 is 14.4 Å². The molecule has 0 unspecified atom stereocenters. The third-order valence-electron chi connectivity index (χ3n) is 6.15. The number of hydrogen-bond donors (Lipinski definition) is 1. The Morgan fingerprint density at radius 2 is 1.78 bits per heavy atom. The molecule has 0 fully saturated rings. The zero-order valence-corrected chi connectivity index (χ0v) is 23.0. The summed E-state index contributed by atoms with van der Waals surface area (Å²) in [5.41, 5.74) is 3.49. The Bertz CT molecular complexity index is 1150. The molecule has 0 spiro atoms. The highest BCUT2D eigenvalue weighted by Gasteiger charge is 2.28. The summed E-state index contributed by atoms with van der Waals surface area (Å²) in [6.45, 7) is 8.50. The number of likely N-dealkylation sites (N-methyl/N-ethyl adjacent to an activating group) is 1. The number of carbonyl (C=O) groups is 2. The van der Waals surface area contributed by atoms with E-state index in [4.69, 9.17) is 4.74 Å². The van der Waals surface area contributed by atoms with Crippen molar-refractivity contribution in [3.63, 3.8) is 0 Å². The first-order valence-corrected chi connectivity index (χ1v) is 14.1. The van der Waals surface area contributed by atoms with Crippen molar-refractivity contribution in [3.05, 3.63) is 59.2 Å². The highest BCUT2D eigenvalue weighted by Crippen LogP contribution is 2.23. The Kier molecular flexibility index (Phi) is 10.8. The predicted molar refractivity (Wildman–Crippen MR) is 144 cm³/mol. The van der Waals surface area contributed by atoms with Gasteiger partial charge in [0, 0.05) is 26.1 Å². The molecule has 0 bridgehead atoms. The second kappa shape index (κ2) is 13.3. The number of benzene rings is 2. The molecule has 2 aromatic carbocycles.